The van der Waals surface area contributed by atoms with Crippen molar-refractivity contribution in [3.63, 3.8) is 0 Å². The summed E-state index contributed by atoms with van der Waals surface area (Å²) in [5.74, 6) is -0.0878. The van der Waals surface area contributed by atoms with Gasteiger partial charge in [-0.1, -0.05) is 55.5 Å². The molecular formula is C19H21NO3S. The molecule has 2 aromatic carbocycles. The van der Waals surface area contributed by atoms with Gasteiger partial charge in [0, 0.05) is 13.0 Å². The maximum absolute atomic E-state index is 13.1. The van der Waals surface area contributed by atoms with Gasteiger partial charge in [-0.15, -0.1) is 0 Å². The molecule has 126 valence electrons. The van der Waals surface area contributed by atoms with Crippen LogP contribution in [0.4, 0.5) is 0 Å². The van der Waals surface area contributed by atoms with Crippen LogP contribution in [-0.4, -0.2) is 31.0 Å². The Hall–Kier alpha value is -2.14. The van der Waals surface area contributed by atoms with Crippen LogP contribution in [0.25, 0.3) is 0 Å². The van der Waals surface area contributed by atoms with Crippen molar-refractivity contribution in [3.05, 3.63) is 66.2 Å². The van der Waals surface area contributed by atoms with E-state index in [1.54, 1.807) is 35.2 Å². The first-order chi connectivity index (χ1) is 11.6. The predicted octanol–water partition coefficient (Wildman–Crippen LogP) is 3.21. The molecule has 0 spiro atoms. The van der Waals surface area contributed by atoms with E-state index in [0.717, 1.165) is 12.0 Å². The fourth-order valence-corrected chi connectivity index (χ4v) is 5.26. The van der Waals surface area contributed by atoms with Gasteiger partial charge in [0.2, 0.25) is 5.91 Å². The number of nitrogens with zero attached hydrogens (tertiary/aromatic N) is 1. The van der Waals surface area contributed by atoms with Crippen molar-refractivity contribution < 1.29 is 13.2 Å². The molecule has 1 aliphatic heterocycles. The third-order valence-electron chi connectivity index (χ3n) is 4.46. The number of benzene rings is 2. The molecule has 2 atom stereocenters. The molecule has 2 aromatic rings. The van der Waals surface area contributed by atoms with E-state index in [9.17, 15) is 13.2 Å². The van der Waals surface area contributed by atoms with Crippen molar-refractivity contribution in [3.8, 4) is 0 Å². The summed E-state index contributed by atoms with van der Waals surface area (Å²) >= 11 is 0. The largest absolute Gasteiger partial charge is 0.334 e. The van der Waals surface area contributed by atoms with Gasteiger partial charge in [0.1, 0.15) is 0 Å². The summed E-state index contributed by atoms with van der Waals surface area (Å²) in [6.07, 6.45) is 0.837. The van der Waals surface area contributed by atoms with Crippen molar-refractivity contribution in [1.29, 1.82) is 0 Å². The van der Waals surface area contributed by atoms with Gasteiger partial charge < -0.3 is 4.90 Å². The fourth-order valence-electron chi connectivity index (χ4n) is 3.37. The van der Waals surface area contributed by atoms with Crippen LogP contribution < -0.4 is 0 Å². The van der Waals surface area contributed by atoms with Crippen LogP contribution in [0.5, 0.6) is 0 Å². The molecule has 0 aromatic heterocycles. The summed E-state index contributed by atoms with van der Waals surface area (Å²) in [5, 5.41) is -0.749. The van der Waals surface area contributed by atoms with Gasteiger partial charge in [0.15, 0.2) is 9.84 Å². The summed E-state index contributed by atoms with van der Waals surface area (Å²) in [7, 11) is -3.58. The monoisotopic (exact) mass is 343 g/mol. The Morgan fingerprint density at radius 1 is 1.00 bits per heavy atom. The number of sulfone groups is 1. The summed E-state index contributed by atoms with van der Waals surface area (Å²) in [5.41, 5.74) is 0.876. The quantitative estimate of drug-likeness (QED) is 0.838. The molecule has 0 radical (unpaired) electrons. The minimum atomic E-state index is -3.58. The van der Waals surface area contributed by atoms with Gasteiger partial charge in [-0.25, -0.2) is 8.42 Å². The van der Waals surface area contributed by atoms with Gasteiger partial charge in [-0.05, 0) is 24.1 Å². The SMILES string of the molecule is CCCN1C(=O)C[C@H](S(=O)(=O)c2ccccc2)[C@H]1c1ccccc1. The molecule has 1 saturated heterocycles. The lowest BCUT2D eigenvalue weighted by atomic mass is 10.0. The van der Waals surface area contributed by atoms with Crippen LogP contribution in [0, 0.1) is 0 Å². The average Bonchev–Trinajstić information content (AvgIpc) is 2.94. The van der Waals surface area contributed by atoms with E-state index >= 15 is 0 Å². The highest BCUT2D eigenvalue weighted by atomic mass is 32.2. The predicted molar refractivity (Wildman–Crippen MR) is 93.2 cm³/mol. The number of hydrogen-bond acceptors (Lipinski definition) is 3. The van der Waals surface area contributed by atoms with Crippen LogP contribution in [0.3, 0.4) is 0 Å². The minimum Gasteiger partial charge on any atom is -0.334 e. The van der Waals surface area contributed by atoms with Gasteiger partial charge in [-0.3, -0.25) is 4.79 Å². The van der Waals surface area contributed by atoms with Gasteiger partial charge in [0.05, 0.1) is 16.2 Å². The highest BCUT2D eigenvalue weighted by Crippen LogP contribution is 2.39. The Kier molecular flexibility index (Phi) is 4.71. The van der Waals surface area contributed by atoms with Crippen LogP contribution in [0.15, 0.2) is 65.6 Å². The van der Waals surface area contributed by atoms with Crippen molar-refractivity contribution in [2.75, 3.05) is 6.54 Å². The molecule has 0 unspecified atom stereocenters. The second-order valence-electron chi connectivity index (χ2n) is 6.04. The van der Waals surface area contributed by atoms with Crippen molar-refractivity contribution in [1.82, 2.24) is 4.90 Å². The molecule has 1 aliphatic rings. The highest BCUT2D eigenvalue weighted by Gasteiger charge is 2.47. The number of likely N-dealkylation sites (tertiary alicyclic amines) is 1. The second kappa shape index (κ2) is 6.77. The molecule has 3 rings (SSSR count). The summed E-state index contributed by atoms with van der Waals surface area (Å²) in [6.45, 7) is 2.56. The van der Waals surface area contributed by atoms with E-state index in [2.05, 4.69) is 0 Å². The molecule has 5 heteroatoms. The van der Waals surface area contributed by atoms with Crippen molar-refractivity contribution in [2.24, 2.45) is 0 Å². The van der Waals surface area contributed by atoms with E-state index in [1.807, 2.05) is 37.3 Å². The van der Waals surface area contributed by atoms with E-state index in [4.69, 9.17) is 0 Å². The van der Waals surface area contributed by atoms with E-state index in [1.165, 1.54) is 0 Å². The van der Waals surface area contributed by atoms with Crippen LogP contribution in [0.2, 0.25) is 0 Å². The third kappa shape index (κ3) is 2.96. The van der Waals surface area contributed by atoms with E-state index in [-0.39, 0.29) is 17.2 Å². The zero-order chi connectivity index (χ0) is 17.2. The zero-order valence-corrected chi connectivity index (χ0v) is 14.4. The van der Waals surface area contributed by atoms with Crippen molar-refractivity contribution in [2.45, 2.75) is 36.0 Å². The minimum absolute atomic E-state index is 0.0385. The number of hydrogen-bond donors (Lipinski definition) is 0. The first-order valence-electron chi connectivity index (χ1n) is 8.19. The fraction of sp³-hybridized carbons (Fsp3) is 0.316. The highest BCUT2D eigenvalue weighted by molar-refractivity contribution is 7.92. The first kappa shape index (κ1) is 16.7. The lowest BCUT2D eigenvalue weighted by molar-refractivity contribution is -0.129. The summed E-state index contributed by atoms with van der Waals surface area (Å²) in [6, 6.07) is 17.5. The molecule has 0 bridgehead atoms. The van der Waals surface area contributed by atoms with Crippen LogP contribution >= 0.6 is 0 Å². The number of carbonyl (C=O) groups excluding carboxylic acids is 1. The maximum Gasteiger partial charge on any atom is 0.224 e. The van der Waals surface area contributed by atoms with Gasteiger partial charge in [0.25, 0.3) is 0 Å². The molecule has 1 fully saturated rings. The van der Waals surface area contributed by atoms with Crippen LogP contribution in [0.1, 0.15) is 31.4 Å². The van der Waals surface area contributed by atoms with Crippen LogP contribution in [-0.2, 0) is 14.6 Å². The lowest BCUT2D eigenvalue weighted by Gasteiger charge is -2.28. The zero-order valence-electron chi connectivity index (χ0n) is 13.6. The standard InChI is InChI=1S/C19H21NO3S/c1-2-13-20-18(21)14-17(19(20)15-9-5-3-6-10-15)24(22,23)16-11-7-4-8-12-16/h3-12,17,19H,2,13-14H2,1H3/t17-,19+/m0/s1. The Morgan fingerprint density at radius 2 is 1.58 bits per heavy atom. The third-order valence-corrected chi connectivity index (χ3v) is 6.61. The lowest BCUT2D eigenvalue weighted by Crippen LogP contribution is -2.33. The Labute approximate surface area is 143 Å². The summed E-state index contributed by atoms with van der Waals surface area (Å²) in [4.78, 5) is 14.5. The van der Waals surface area contributed by atoms with E-state index in [0.29, 0.717) is 6.54 Å². The second-order valence-corrected chi connectivity index (χ2v) is 8.21. The molecule has 1 heterocycles. The Balaban J connectivity index is 2.07. The number of rotatable bonds is 5. The summed E-state index contributed by atoms with van der Waals surface area (Å²) < 4.78 is 26.3. The molecule has 0 N–H and O–H groups in total. The average molecular weight is 343 g/mol. The molecule has 4 nitrogen and oxygen atoms in total. The van der Waals surface area contributed by atoms with Crippen molar-refractivity contribution >= 4 is 15.7 Å². The molecule has 0 saturated carbocycles. The topological polar surface area (TPSA) is 54.5 Å². The van der Waals surface area contributed by atoms with Gasteiger partial charge in [-0.2, -0.15) is 0 Å². The normalized spacial score (nSPS) is 21.2. The first-order valence-corrected chi connectivity index (χ1v) is 9.73. The number of amides is 1. The maximum atomic E-state index is 13.1. The molecule has 1 amide bonds. The molecular weight excluding hydrogens is 322 g/mol. The smallest absolute Gasteiger partial charge is 0.224 e. The molecule has 24 heavy (non-hydrogen) atoms. The molecule has 0 aliphatic carbocycles. The Bertz CT molecular complexity index is 803. The number of carbonyl (C=O) groups is 1. The van der Waals surface area contributed by atoms with E-state index < -0.39 is 21.1 Å². The van der Waals surface area contributed by atoms with Gasteiger partial charge >= 0.3 is 0 Å². The Morgan fingerprint density at radius 3 is 2.17 bits per heavy atom.